The lowest BCUT2D eigenvalue weighted by molar-refractivity contribution is 1.07. The summed E-state index contributed by atoms with van der Waals surface area (Å²) in [6, 6.07) is 78.3. The summed E-state index contributed by atoms with van der Waals surface area (Å²) >= 11 is 0. The van der Waals surface area contributed by atoms with Gasteiger partial charge in [0.15, 0.2) is 34.9 Å². The molecule has 0 saturated heterocycles. The van der Waals surface area contributed by atoms with E-state index in [0.717, 1.165) is 78.0 Å². The lowest BCUT2D eigenvalue weighted by atomic mass is 9.93. The molecule has 11 rings (SSSR count). The summed E-state index contributed by atoms with van der Waals surface area (Å²) in [5, 5.41) is 0. The second-order valence-corrected chi connectivity index (χ2v) is 15.8. The van der Waals surface area contributed by atoms with Crippen molar-refractivity contribution in [1.29, 1.82) is 0 Å². The standard InChI is InChI=1S/C59H39N7/c1-5-17-40(18-6-1)41-30-32-45(33-31-41)57-62-56(44-23-11-4-12-24-44)65-59(66-57)49-28-16-26-47(36-49)51-37-50(38-52(39-51)53-29-13-14-34-60-53)46-25-15-27-48(35-46)58-63-54(42-19-7-2-8-20-42)61-55(64-58)43-21-9-3-10-22-43/h1-39H. The van der Waals surface area contributed by atoms with E-state index in [1.165, 1.54) is 0 Å². The van der Waals surface area contributed by atoms with Gasteiger partial charge in [-0.2, -0.15) is 0 Å². The molecule has 0 amide bonds. The molecule has 0 aliphatic heterocycles. The number of pyridine rings is 1. The van der Waals surface area contributed by atoms with Crippen molar-refractivity contribution in [3.63, 3.8) is 0 Å². The van der Waals surface area contributed by atoms with Gasteiger partial charge in [0.2, 0.25) is 0 Å². The molecule has 0 fully saturated rings. The van der Waals surface area contributed by atoms with E-state index in [0.29, 0.717) is 34.9 Å². The molecule has 11 aromatic rings. The van der Waals surface area contributed by atoms with Crippen molar-refractivity contribution in [1.82, 2.24) is 34.9 Å². The van der Waals surface area contributed by atoms with Crippen LogP contribution in [0.2, 0.25) is 0 Å². The van der Waals surface area contributed by atoms with E-state index in [1.54, 1.807) is 0 Å². The first-order valence-corrected chi connectivity index (χ1v) is 21.8. The van der Waals surface area contributed by atoms with Crippen LogP contribution in [0.5, 0.6) is 0 Å². The smallest absolute Gasteiger partial charge is 0.164 e. The van der Waals surface area contributed by atoms with Gasteiger partial charge in [0, 0.05) is 45.1 Å². The summed E-state index contributed by atoms with van der Waals surface area (Å²) < 4.78 is 0. The van der Waals surface area contributed by atoms with E-state index < -0.39 is 0 Å². The maximum atomic E-state index is 5.11. The fourth-order valence-electron chi connectivity index (χ4n) is 8.05. The molecule has 0 N–H and O–H groups in total. The normalized spacial score (nSPS) is 11.0. The predicted octanol–water partition coefficient (Wildman–Crippen LogP) is 14.1. The Hall–Kier alpha value is -9.07. The minimum Gasteiger partial charge on any atom is -0.256 e. The molecule has 0 aliphatic carbocycles. The number of hydrogen-bond acceptors (Lipinski definition) is 7. The van der Waals surface area contributed by atoms with E-state index >= 15 is 0 Å². The molecule has 0 spiro atoms. The Morgan fingerprint density at radius 3 is 0.879 bits per heavy atom. The largest absolute Gasteiger partial charge is 0.256 e. The molecule has 7 heteroatoms. The quantitative estimate of drug-likeness (QED) is 0.135. The first-order valence-electron chi connectivity index (χ1n) is 21.8. The summed E-state index contributed by atoms with van der Waals surface area (Å²) in [5.41, 5.74) is 13.6. The molecule has 8 aromatic carbocycles. The highest BCUT2D eigenvalue weighted by atomic mass is 15.0. The summed E-state index contributed by atoms with van der Waals surface area (Å²) in [6.07, 6.45) is 1.83. The number of benzene rings is 8. The second kappa shape index (κ2) is 18.0. The topological polar surface area (TPSA) is 90.2 Å². The molecule has 0 aliphatic rings. The molecule has 0 atom stereocenters. The van der Waals surface area contributed by atoms with Crippen LogP contribution in [0.1, 0.15) is 0 Å². The number of rotatable bonds is 10. The van der Waals surface area contributed by atoms with Gasteiger partial charge in [0.25, 0.3) is 0 Å². The highest BCUT2D eigenvalue weighted by molar-refractivity contribution is 5.83. The van der Waals surface area contributed by atoms with Gasteiger partial charge in [0.05, 0.1) is 5.69 Å². The molecule has 3 heterocycles. The Labute approximate surface area is 383 Å². The van der Waals surface area contributed by atoms with Crippen LogP contribution < -0.4 is 0 Å². The summed E-state index contributed by atoms with van der Waals surface area (Å²) in [4.78, 5) is 34.9. The number of hydrogen-bond donors (Lipinski definition) is 0. The van der Waals surface area contributed by atoms with Crippen molar-refractivity contribution in [2.45, 2.75) is 0 Å². The third-order valence-electron chi connectivity index (χ3n) is 11.4. The average molecular weight is 846 g/mol. The van der Waals surface area contributed by atoms with Gasteiger partial charge in [-0.05, 0) is 75.8 Å². The van der Waals surface area contributed by atoms with E-state index in [4.69, 9.17) is 34.9 Å². The first kappa shape index (κ1) is 39.8. The van der Waals surface area contributed by atoms with Gasteiger partial charge in [-0.25, -0.2) is 29.9 Å². The maximum Gasteiger partial charge on any atom is 0.164 e. The molecule has 0 bridgehead atoms. The van der Waals surface area contributed by atoms with Gasteiger partial charge in [-0.3, -0.25) is 4.98 Å². The molecule has 7 nitrogen and oxygen atoms in total. The molecule has 0 unspecified atom stereocenters. The van der Waals surface area contributed by atoms with Gasteiger partial charge in [0.1, 0.15) is 0 Å². The van der Waals surface area contributed by atoms with Gasteiger partial charge >= 0.3 is 0 Å². The molecule has 3 aromatic heterocycles. The van der Waals surface area contributed by atoms with Crippen LogP contribution in [-0.4, -0.2) is 34.9 Å². The Kier molecular flexibility index (Phi) is 10.8. The van der Waals surface area contributed by atoms with Crippen molar-refractivity contribution < 1.29 is 0 Å². The zero-order chi connectivity index (χ0) is 44.1. The van der Waals surface area contributed by atoms with Crippen molar-refractivity contribution in [3.05, 3.63) is 237 Å². The van der Waals surface area contributed by atoms with Gasteiger partial charge in [-0.1, -0.05) is 188 Å². The highest BCUT2D eigenvalue weighted by Crippen LogP contribution is 2.36. The lowest BCUT2D eigenvalue weighted by Crippen LogP contribution is -2.00. The number of aromatic nitrogens is 7. The van der Waals surface area contributed by atoms with Crippen molar-refractivity contribution in [2.75, 3.05) is 0 Å². The van der Waals surface area contributed by atoms with Crippen LogP contribution in [-0.2, 0) is 0 Å². The fourth-order valence-corrected chi connectivity index (χ4v) is 8.05. The van der Waals surface area contributed by atoms with Crippen LogP contribution in [0.4, 0.5) is 0 Å². The Bertz CT molecular complexity index is 3380. The van der Waals surface area contributed by atoms with E-state index in [2.05, 4.69) is 115 Å². The van der Waals surface area contributed by atoms with Crippen LogP contribution in [0, 0.1) is 0 Å². The molecular weight excluding hydrogens is 807 g/mol. The zero-order valence-electron chi connectivity index (χ0n) is 35.6. The lowest BCUT2D eigenvalue weighted by Gasteiger charge is -2.13. The van der Waals surface area contributed by atoms with Gasteiger partial charge < -0.3 is 0 Å². The minimum atomic E-state index is 0.587. The Balaban J connectivity index is 1.00. The van der Waals surface area contributed by atoms with Crippen LogP contribution in [0.25, 0.3) is 113 Å². The SMILES string of the molecule is c1ccc(-c2ccc(-c3nc(-c4ccccc4)nc(-c4cccc(-c5cc(-c6cccc(-c7nc(-c8ccccc8)nc(-c8ccccc8)n7)c6)cc(-c6ccccn6)c5)c4)n3)cc2)cc1. The summed E-state index contributed by atoms with van der Waals surface area (Å²) in [6.45, 7) is 0. The molecule has 0 radical (unpaired) electrons. The second-order valence-electron chi connectivity index (χ2n) is 15.8. The third-order valence-corrected chi connectivity index (χ3v) is 11.4. The third kappa shape index (κ3) is 8.52. The average Bonchev–Trinajstić information content (AvgIpc) is 3.42. The monoisotopic (exact) mass is 845 g/mol. The number of nitrogens with zero attached hydrogens (tertiary/aromatic N) is 7. The van der Waals surface area contributed by atoms with E-state index in [9.17, 15) is 0 Å². The van der Waals surface area contributed by atoms with E-state index in [-0.39, 0.29) is 0 Å². The molecule has 310 valence electrons. The molecule has 66 heavy (non-hydrogen) atoms. The van der Waals surface area contributed by atoms with Gasteiger partial charge in [-0.15, -0.1) is 0 Å². The Morgan fingerprint density at radius 1 is 0.182 bits per heavy atom. The maximum absolute atomic E-state index is 5.11. The highest BCUT2D eigenvalue weighted by Gasteiger charge is 2.17. The zero-order valence-corrected chi connectivity index (χ0v) is 35.6. The molecule has 0 saturated carbocycles. The molecular formula is C59H39N7. The van der Waals surface area contributed by atoms with Crippen LogP contribution >= 0.6 is 0 Å². The minimum absolute atomic E-state index is 0.587. The van der Waals surface area contributed by atoms with Crippen molar-refractivity contribution >= 4 is 0 Å². The fraction of sp³-hybridized carbons (Fsp3) is 0. The summed E-state index contributed by atoms with van der Waals surface area (Å²) in [5.74, 6) is 3.63. The van der Waals surface area contributed by atoms with Crippen LogP contribution in [0.3, 0.4) is 0 Å². The Morgan fingerprint density at radius 2 is 0.470 bits per heavy atom. The first-order chi connectivity index (χ1) is 32.7. The van der Waals surface area contributed by atoms with Crippen molar-refractivity contribution in [3.8, 4) is 113 Å². The van der Waals surface area contributed by atoms with Crippen molar-refractivity contribution in [2.24, 2.45) is 0 Å². The van der Waals surface area contributed by atoms with Crippen LogP contribution in [0.15, 0.2) is 237 Å². The summed E-state index contributed by atoms with van der Waals surface area (Å²) in [7, 11) is 0. The van der Waals surface area contributed by atoms with E-state index in [1.807, 2.05) is 121 Å². The predicted molar refractivity (Wildman–Crippen MR) is 265 cm³/mol.